The van der Waals surface area contributed by atoms with Gasteiger partial charge in [0.2, 0.25) is 0 Å². The van der Waals surface area contributed by atoms with Gasteiger partial charge in [0.05, 0.1) is 18.7 Å². The van der Waals surface area contributed by atoms with E-state index in [1.807, 2.05) is 55.5 Å². The Labute approximate surface area is 133 Å². The van der Waals surface area contributed by atoms with Gasteiger partial charge >= 0.3 is 5.97 Å². The van der Waals surface area contributed by atoms with Gasteiger partial charge in [-0.15, -0.1) is 0 Å². The highest BCUT2D eigenvalue weighted by Crippen LogP contribution is 2.31. The summed E-state index contributed by atoms with van der Waals surface area (Å²) in [6.45, 7) is 2.20. The number of benzene rings is 2. The van der Waals surface area contributed by atoms with Crippen LogP contribution in [0.4, 0.5) is 0 Å². The Morgan fingerprint density at radius 2 is 1.86 bits per heavy atom. The molecule has 1 aromatic heterocycles. The summed E-state index contributed by atoms with van der Waals surface area (Å²) >= 11 is 5.96. The summed E-state index contributed by atoms with van der Waals surface area (Å²) in [7, 11) is 0. The number of esters is 1. The molecule has 0 saturated carbocycles. The van der Waals surface area contributed by atoms with Crippen molar-refractivity contribution in [2.45, 2.75) is 13.3 Å². The second kappa shape index (κ2) is 6.24. The average molecular weight is 314 g/mol. The maximum absolute atomic E-state index is 11.9. The molecule has 0 aliphatic rings. The van der Waals surface area contributed by atoms with E-state index in [1.165, 1.54) is 0 Å². The van der Waals surface area contributed by atoms with E-state index in [0.29, 0.717) is 11.6 Å². The molecule has 3 nitrogen and oxygen atoms in total. The Balaban J connectivity index is 2.11. The molecule has 0 spiro atoms. The topological polar surface area (TPSA) is 42.1 Å². The fourth-order valence-electron chi connectivity index (χ4n) is 2.60. The van der Waals surface area contributed by atoms with E-state index in [1.54, 1.807) is 0 Å². The Morgan fingerprint density at radius 3 is 2.59 bits per heavy atom. The SMILES string of the molecule is CCOC(=O)Cc1c(-c2ccc(Cl)cc2)[nH]c2ccccc12. The highest BCUT2D eigenvalue weighted by Gasteiger charge is 2.16. The Hall–Kier alpha value is -2.26. The van der Waals surface area contributed by atoms with Crippen molar-refractivity contribution in [3.8, 4) is 11.3 Å². The molecule has 1 N–H and O–H groups in total. The van der Waals surface area contributed by atoms with Crippen LogP contribution in [0.5, 0.6) is 0 Å². The number of fused-ring (bicyclic) bond motifs is 1. The first-order valence-corrected chi connectivity index (χ1v) is 7.58. The van der Waals surface area contributed by atoms with E-state index in [2.05, 4.69) is 4.98 Å². The van der Waals surface area contributed by atoms with E-state index in [9.17, 15) is 4.79 Å². The summed E-state index contributed by atoms with van der Waals surface area (Å²) < 4.78 is 5.10. The van der Waals surface area contributed by atoms with Gasteiger partial charge in [-0.25, -0.2) is 0 Å². The number of halogens is 1. The van der Waals surface area contributed by atoms with E-state index < -0.39 is 0 Å². The number of hydrogen-bond acceptors (Lipinski definition) is 2. The standard InChI is InChI=1S/C18H16ClNO2/c1-2-22-17(21)11-15-14-5-3-4-6-16(14)20-18(15)12-7-9-13(19)10-8-12/h3-10,20H,2,11H2,1H3. The summed E-state index contributed by atoms with van der Waals surface area (Å²) in [5.74, 6) is -0.220. The van der Waals surface area contributed by atoms with Gasteiger partial charge in [-0.05, 0) is 36.2 Å². The molecule has 22 heavy (non-hydrogen) atoms. The predicted molar refractivity (Wildman–Crippen MR) is 89.1 cm³/mol. The molecule has 4 heteroatoms. The van der Waals surface area contributed by atoms with Gasteiger partial charge < -0.3 is 9.72 Å². The van der Waals surface area contributed by atoms with Gasteiger partial charge in [0, 0.05) is 15.9 Å². The lowest BCUT2D eigenvalue weighted by molar-refractivity contribution is -0.142. The predicted octanol–water partition coefficient (Wildman–Crippen LogP) is 4.59. The summed E-state index contributed by atoms with van der Waals surface area (Å²) in [5.41, 5.74) is 3.90. The number of nitrogens with one attached hydrogen (secondary N) is 1. The minimum Gasteiger partial charge on any atom is -0.466 e. The number of ether oxygens (including phenoxy) is 1. The lowest BCUT2D eigenvalue weighted by Crippen LogP contribution is -2.07. The first kappa shape index (κ1) is 14.7. The van der Waals surface area contributed by atoms with Gasteiger partial charge in [-0.3, -0.25) is 4.79 Å². The number of carbonyl (C=O) groups excluding carboxylic acids is 1. The molecule has 3 rings (SSSR count). The lowest BCUT2D eigenvalue weighted by atomic mass is 10.0. The number of carbonyl (C=O) groups is 1. The van der Waals surface area contributed by atoms with E-state index in [4.69, 9.17) is 16.3 Å². The first-order chi connectivity index (χ1) is 10.7. The molecule has 2 aromatic carbocycles. The Bertz CT molecular complexity index is 806. The molecular weight excluding hydrogens is 298 g/mol. The monoisotopic (exact) mass is 313 g/mol. The van der Waals surface area contributed by atoms with Crippen LogP contribution in [0.1, 0.15) is 12.5 Å². The summed E-state index contributed by atoms with van der Waals surface area (Å²) in [5, 5.41) is 1.73. The molecule has 0 atom stereocenters. The zero-order chi connectivity index (χ0) is 15.5. The zero-order valence-electron chi connectivity index (χ0n) is 12.2. The highest BCUT2D eigenvalue weighted by atomic mass is 35.5. The van der Waals surface area contributed by atoms with Crippen LogP contribution in [0.3, 0.4) is 0 Å². The smallest absolute Gasteiger partial charge is 0.310 e. The minimum atomic E-state index is -0.220. The maximum Gasteiger partial charge on any atom is 0.310 e. The maximum atomic E-state index is 11.9. The van der Waals surface area contributed by atoms with Crippen molar-refractivity contribution < 1.29 is 9.53 Å². The molecule has 0 saturated heterocycles. The minimum absolute atomic E-state index is 0.220. The highest BCUT2D eigenvalue weighted by molar-refractivity contribution is 6.30. The summed E-state index contributed by atoms with van der Waals surface area (Å²) in [6.07, 6.45) is 0.246. The quantitative estimate of drug-likeness (QED) is 0.716. The van der Waals surface area contributed by atoms with Crippen LogP contribution in [0.25, 0.3) is 22.2 Å². The van der Waals surface area contributed by atoms with Crippen LogP contribution in [-0.4, -0.2) is 17.6 Å². The fourth-order valence-corrected chi connectivity index (χ4v) is 2.73. The van der Waals surface area contributed by atoms with Crippen molar-refractivity contribution in [1.82, 2.24) is 4.98 Å². The third kappa shape index (κ3) is 2.85. The van der Waals surface area contributed by atoms with Crippen molar-refractivity contribution in [3.05, 3.63) is 59.1 Å². The van der Waals surface area contributed by atoms with Crippen LogP contribution in [0.15, 0.2) is 48.5 Å². The van der Waals surface area contributed by atoms with Crippen molar-refractivity contribution in [2.75, 3.05) is 6.61 Å². The third-order valence-electron chi connectivity index (χ3n) is 3.57. The lowest BCUT2D eigenvalue weighted by Gasteiger charge is -2.05. The van der Waals surface area contributed by atoms with Gasteiger partial charge in [-0.2, -0.15) is 0 Å². The van der Waals surface area contributed by atoms with Crippen LogP contribution in [0, 0.1) is 0 Å². The van der Waals surface area contributed by atoms with Gasteiger partial charge in [0.1, 0.15) is 0 Å². The number of aromatic amines is 1. The molecule has 0 radical (unpaired) electrons. The van der Waals surface area contributed by atoms with Crippen LogP contribution >= 0.6 is 11.6 Å². The van der Waals surface area contributed by atoms with Gasteiger partial charge in [-0.1, -0.05) is 41.9 Å². The fraction of sp³-hybridized carbons (Fsp3) is 0.167. The third-order valence-corrected chi connectivity index (χ3v) is 3.82. The van der Waals surface area contributed by atoms with E-state index in [0.717, 1.165) is 27.7 Å². The average Bonchev–Trinajstić information content (AvgIpc) is 2.87. The molecule has 1 heterocycles. The largest absolute Gasteiger partial charge is 0.466 e. The molecule has 0 amide bonds. The molecule has 0 fully saturated rings. The number of hydrogen-bond donors (Lipinski definition) is 1. The Kier molecular flexibility index (Phi) is 4.16. The van der Waals surface area contributed by atoms with Crippen molar-refractivity contribution in [2.24, 2.45) is 0 Å². The number of rotatable bonds is 4. The molecule has 0 bridgehead atoms. The van der Waals surface area contributed by atoms with E-state index >= 15 is 0 Å². The molecule has 3 aromatic rings. The summed E-state index contributed by atoms with van der Waals surface area (Å²) in [4.78, 5) is 15.3. The Morgan fingerprint density at radius 1 is 1.14 bits per heavy atom. The molecule has 112 valence electrons. The zero-order valence-corrected chi connectivity index (χ0v) is 13.0. The van der Waals surface area contributed by atoms with Gasteiger partial charge in [0.15, 0.2) is 0 Å². The second-order valence-electron chi connectivity index (χ2n) is 5.01. The van der Waals surface area contributed by atoms with Crippen molar-refractivity contribution in [1.29, 1.82) is 0 Å². The van der Waals surface area contributed by atoms with Crippen molar-refractivity contribution in [3.63, 3.8) is 0 Å². The molecule has 0 aliphatic carbocycles. The number of H-pyrrole nitrogens is 1. The van der Waals surface area contributed by atoms with Crippen LogP contribution in [0.2, 0.25) is 5.02 Å². The van der Waals surface area contributed by atoms with E-state index in [-0.39, 0.29) is 12.4 Å². The number of aromatic nitrogens is 1. The molecule has 0 aliphatic heterocycles. The normalized spacial score (nSPS) is 10.8. The van der Waals surface area contributed by atoms with Crippen LogP contribution in [-0.2, 0) is 16.0 Å². The first-order valence-electron chi connectivity index (χ1n) is 7.20. The number of para-hydroxylation sites is 1. The van der Waals surface area contributed by atoms with Crippen molar-refractivity contribution >= 4 is 28.5 Å². The summed E-state index contributed by atoms with van der Waals surface area (Å²) in [6, 6.07) is 15.5. The van der Waals surface area contributed by atoms with Gasteiger partial charge in [0.25, 0.3) is 0 Å². The molecule has 0 unspecified atom stereocenters. The second-order valence-corrected chi connectivity index (χ2v) is 5.45. The molecular formula is C18H16ClNO2. The van der Waals surface area contributed by atoms with Crippen LogP contribution < -0.4 is 0 Å².